The summed E-state index contributed by atoms with van der Waals surface area (Å²) < 4.78 is 31.9. The average Bonchev–Trinajstić information content (AvgIpc) is 2.43. The lowest BCUT2D eigenvalue weighted by molar-refractivity contribution is 0.102. The van der Waals surface area contributed by atoms with Gasteiger partial charge >= 0.3 is 0 Å². The van der Waals surface area contributed by atoms with Gasteiger partial charge in [-0.15, -0.1) is 0 Å². The van der Waals surface area contributed by atoms with E-state index in [-0.39, 0.29) is 0 Å². The Bertz CT molecular complexity index is 609. The number of hydrogen-bond acceptors (Lipinski definition) is 2. The largest absolute Gasteiger partial charge is 0.380 e. The molecule has 0 aliphatic heterocycles. The van der Waals surface area contributed by atoms with Crippen molar-refractivity contribution in [2.24, 2.45) is 0 Å². The third kappa shape index (κ3) is 3.19. The van der Waals surface area contributed by atoms with Crippen LogP contribution in [0, 0.1) is 11.6 Å². The van der Waals surface area contributed by atoms with Crippen LogP contribution in [0.15, 0.2) is 42.5 Å². The van der Waals surface area contributed by atoms with Crippen LogP contribution in [0.3, 0.4) is 0 Å². The Labute approximate surface area is 115 Å². The number of amides is 1. The average molecular weight is 277 g/mol. The van der Waals surface area contributed by atoms with E-state index in [1.54, 1.807) is 31.4 Å². The molecule has 2 rings (SSSR count). The SMILES string of the molecule is COCc1cccc(C(=O)Nc2c(F)cccc2F)c1. The molecule has 0 atom stereocenters. The van der Waals surface area contributed by atoms with E-state index < -0.39 is 23.2 Å². The van der Waals surface area contributed by atoms with Crippen molar-refractivity contribution in [3.8, 4) is 0 Å². The molecule has 1 N–H and O–H groups in total. The van der Waals surface area contributed by atoms with Crippen LogP contribution in [0.25, 0.3) is 0 Å². The van der Waals surface area contributed by atoms with Gasteiger partial charge in [-0.2, -0.15) is 0 Å². The van der Waals surface area contributed by atoms with E-state index >= 15 is 0 Å². The third-order valence-corrected chi connectivity index (χ3v) is 2.70. The molecule has 0 saturated heterocycles. The Kier molecular flexibility index (Phi) is 4.42. The molecule has 0 spiro atoms. The van der Waals surface area contributed by atoms with E-state index in [2.05, 4.69) is 5.32 Å². The van der Waals surface area contributed by atoms with Gasteiger partial charge in [-0.05, 0) is 29.8 Å². The second-order valence-corrected chi connectivity index (χ2v) is 4.18. The number of rotatable bonds is 4. The van der Waals surface area contributed by atoms with E-state index in [4.69, 9.17) is 4.74 Å². The van der Waals surface area contributed by atoms with Crippen molar-refractivity contribution in [3.05, 3.63) is 65.2 Å². The standard InChI is InChI=1S/C15H13F2NO2/c1-20-9-10-4-2-5-11(8-10)15(19)18-14-12(16)6-3-7-13(14)17/h2-8H,9H2,1H3,(H,18,19). The van der Waals surface area contributed by atoms with Crippen LogP contribution in [0.5, 0.6) is 0 Å². The van der Waals surface area contributed by atoms with Crippen LogP contribution < -0.4 is 5.32 Å². The number of anilines is 1. The fraction of sp³-hybridized carbons (Fsp3) is 0.133. The van der Waals surface area contributed by atoms with Gasteiger partial charge in [0.25, 0.3) is 5.91 Å². The molecule has 0 aliphatic carbocycles. The highest BCUT2D eigenvalue weighted by Crippen LogP contribution is 2.19. The minimum absolute atomic E-state index is 0.308. The van der Waals surface area contributed by atoms with Crippen LogP contribution in [-0.2, 0) is 11.3 Å². The maximum absolute atomic E-state index is 13.5. The summed E-state index contributed by atoms with van der Waals surface area (Å²) in [4.78, 5) is 12.0. The van der Waals surface area contributed by atoms with Gasteiger partial charge in [0.15, 0.2) is 0 Å². The Morgan fingerprint density at radius 1 is 1.15 bits per heavy atom. The monoisotopic (exact) mass is 277 g/mol. The molecule has 20 heavy (non-hydrogen) atoms. The lowest BCUT2D eigenvalue weighted by Crippen LogP contribution is -2.14. The topological polar surface area (TPSA) is 38.3 Å². The maximum atomic E-state index is 13.5. The van der Waals surface area contributed by atoms with Crippen molar-refractivity contribution < 1.29 is 18.3 Å². The molecule has 3 nitrogen and oxygen atoms in total. The summed E-state index contributed by atoms with van der Waals surface area (Å²) in [6.07, 6.45) is 0. The molecule has 0 heterocycles. The lowest BCUT2D eigenvalue weighted by Gasteiger charge is -2.08. The van der Waals surface area contributed by atoms with E-state index in [9.17, 15) is 13.6 Å². The molecular formula is C15H13F2NO2. The zero-order valence-electron chi connectivity index (χ0n) is 10.8. The number of para-hydroxylation sites is 1. The van der Waals surface area contributed by atoms with Crippen molar-refractivity contribution in [1.29, 1.82) is 0 Å². The lowest BCUT2D eigenvalue weighted by atomic mass is 10.1. The van der Waals surface area contributed by atoms with Gasteiger partial charge in [0.2, 0.25) is 0 Å². The second kappa shape index (κ2) is 6.25. The van der Waals surface area contributed by atoms with Crippen molar-refractivity contribution >= 4 is 11.6 Å². The maximum Gasteiger partial charge on any atom is 0.255 e. The Morgan fingerprint density at radius 2 is 1.80 bits per heavy atom. The van der Waals surface area contributed by atoms with Gasteiger partial charge in [0.05, 0.1) is 6.61 Å². The molecule has 0 radical (unpaired) electrons. The van der Waals surface area contributed by atoms with E-state index in [1.165, 1.54) is 6.07 Å². The molecule has 0 unspecified atom stereocenters. The fourth-order valence-electron chi connectivity index (χ4n) is 1.77. The molecule has 0 aliphatic rings. The van der Waals surface area contributed by atoms with E-state index in [0.717, 1.165) is 17.7 Å². The molecule has 2 aromatic rings. The minimum Gasteiger partial charge on any atom is -0.380 e. The summed E-state index contributed by atoms with van der Waals surface area (Å²) in [6, 6.07) is 10.1. The van der Waals surface area contributed by atoms with Gasteiger partial charge < -0.3 is 10.1 Å². The van der Waals surface area contributed by atoms with Gasteiger partial charge in [0.1, 0.15) is 17.3 Å². The minimum atomic E-state index is -0.814. The van der Waals surface area contributed by atoms with Crippen molar-refractivity contribution in [3.63, 3.8) is 0 Å². The summed E-state index contributed by atoms with van der Waals surface area (Å²) >= 11 is 0. The summed E-state index contributed by atoms with van der Waals surface area (Å²) in [6.45, 7) is 0.356. The normalized spacial score (nSPS) is 10.3. The van der Waals surface area contributed by atoms with Gasteiger partial charge in [0, 0.05) is 12.7 Å². The molecular weight excluding hydrogens is 264 g/mol. The first kappa shape index (κ1) is 14.1. The van der Waals surface area contributed by atoms with E-state index in [1.807, 2.05) is 0 Å². The number of halogens is 2. The highest BCUT2D eigenvalue weighted by atomic mass is 19.1. The van der Waals surface area contributed by atoms with Crippen molar-refractivity contribution in [2.45, 2.75) is 6.61 Å². The Morgan fingerprint density at radius 3 is 2.45 bits per heavy atom. The Hall–Kier alpha value is -2.27. The van der Waals surface area contributed by atoms with Crippen LogP contribution >= 0.6 is 0 Å². The number of benzene rings is 2. The molecule has 1 amide bonds. The molecule has 104 valence electrons. The zero-order valence-corrected chi connectivity index (χ0v) is 10.8. The molecule has 0 aromatic heterocycles. The number of nitrogens with one attached hydrogen (secondary N) is 1. The highest BCUT2D eigenvalue weighted by molar-refractivity contribution is 6.04. The van der Waals surface area contributed by atoms with Crippen molar-refractivity contribution in [1.82, 2.24) is 0 Å². The molecule has 2 aromatic carbocycles. The van der Waals surface area contributed by atoms with Crippen LogP contribution in [0.2, 0.25) is 0 Å². The molecule has 0 fully saturated rings. The summed E-state index contributed by atoms with van der Waals surface area (Å²) in [5.41, 5.74) is 0.658. The van der Waals surface area contributed by atoms with Gasteiger partial charge in [-0.3, -0.25) is 4.79 Å². The Balaban J connectivity index is 2.22. The first-order chi connectivity index (χ1) is 9.61. The van der Waals surface area contributed by atoms with Crippen molar-refractivity contribution in [2.75, 3.05) is 12.4 Å². The second-order valence-electron chi connectivity index (χ2n) is 4.18. The van der Waals surface area contributed by atoms with Crippen LogP contribution in [0.1, 0.15) is 15.9 Å². The number of carbonyl (C=O) groups excluding carboxylic acids is 1. The fourth-order valence-corrected chi connectivity index (χ4v) is 1.77. The van der Waals surface area contributed by atoms with Gasteiger partial charge in [-0.25, -0.2) is 8.78 Å². The predicted octanol–water partition coefficient (Wildman–Crippen LogP) is 3.36. The van der Waals surface area contributed by atoms with Crippen LogP contribution in [0.4, 0.5) is 14.5 Å². The number of hydrogen-bond donors (Lipinski definition) is 1. The van der Waals surface area contributed by atoms with Gasteiger partial charge in [-0.1, -0.05) is 18.2 Å². The predicted molar refractivity (Wildman–Crippen MR) is 71.5 cm³/mol. The highest BCUT2D eigenvalue weighted by Gasteiger charge is 2.13. The zero-order chi connectivity index (χ0) is 14.5. The number of carbonyl (C=O) groups is 1. The molecule has 5 heteroatoms. The number of ether oxygens (including phenoxy) is 1. The summed E-state index contributed by atoms with van der Waals surface area (Å²) in [5, 5.41) is 2.23. The molecule has 0 bridgehead atoms. The number of methoxy groups -OCH3 is 1. The first-order valence-electron chi connectivity index (χ1n) is 5.95. The third-order valence-electron chi connectivity index (χ3n) is 2.70. The summed E-state index contributed by atoms with van der Waals surface area (Å²) in [7, 11) is 1.54. The van der Waals surface area contributed by atoms with Crippen LogP contribution in [-0.4, -0.2) is 13.0 Å². The van der Waals surface area contributed by atoms with E-state index in [0.29, 0.717) is 12.2 Å². The molecule has 0 saturated carbocycles. The smallest absolute Gasteiger partial charge is 0.255 e. The first-order valence-corrected chi connectivity index (χ1v) is 5.95. The summed E-state index contributed by atoms with van der Waals surface area (Å²) in [5.74, 6) is -2.20. The quantitative estimate of drug-likeness (QED) is 0.930.